The van der Waals surface area contributed by atoms with Gasteiger partial charge in [0, 0.05) is 12.2 Å². The first-order valence-corrected chi connectivity index (χ1v) is 6.83. The van der Waals surface area contributed by atoms with E-state index in [1.807, 2.05) is 37.3 Å². The average molecular weight is 271 g/mol. The van der Waals surface area contributed by atoms with Crippen LogP contribution in [0.4, 0.5) is 5.69 Å². The third-order valence-electron chi connectivity index (χ3n) is 3.15. The molecule has 3 heteroatoms. The lowest BCUT2D eigenvalue weighted by atomic mass is 10.1. The van der Waals surface area contributed by atoms with E-state index < -0.39 is 0 Å². The fourth-order valence-electron chi connectivity index (χ4n) is 2.03. The second kappa shape index (κ2) is 6.85. The van der Waals surface area contributed by atoms with Crippen LogP contribution in [0.2, 0.25) is 0 Å². The zero-order valence-corrected chi connectivity index (χ0v) is 12.3. The van der Waals surface area contributed by atoms with Gasteiger partial charge >= 0.3 is 0 Å². The number of hydrogen-bond acceptors (Lipinski definition) is 3. The van der Waals surface area contributed by atoms with Gasteiger partial charge in [0.2, 0.25) is 0 Å². The Morgan fingerprint density at radius 3 is 2.30 bits per heavy atom. The van der Waals surface area contributed by atoms with Crippen LogP contribution in [0.15, 0.2) is 42.5 Å². The molecule has 0 atom stereocenters. The van der Waals surface area contributed by atoms with E-state index >= 15 is 0 Å². The normalized spacial score (nSPS) is 10.2. The van der Waals surface area contributed by atoms with E-state index in [0.717, 1.165) is 23.7 Å². The number of ether oxygens (including phenoxy) is 2. The molecule has 3 nitrogen and oxygen atoms in total. The fourth-order valence-corrected chi connectivity index (χ4v) is 2.03. The quantitative estimate of drug-likeness (QED) is 0.861. The predicted molar refractivity (Wildman–Crippen MR) is 82.7 cm³/mol. The van der Waals surface area contributed by atoms with E-state index in [1.54, 1.807) is 7.11 Å². The van der Waals surface area contributed by atoms with E-state index in [2.05, 4.69) is 24.4 Å². The highest BCUT2D eigenvalue weighted by atomic mass is 16.5. The summed E-state index contributed by atoms with van der Waals surface area (Å²) in [5.74, 6) is 1.80. The van der Waals surface area contributed by atoms with Gasteiger partial charge in [0.15, 0.2) is 0 Å². The van der Waals surface area contributed by atoms with Gasteiger partial charge < -0.3 is 14.8 Å². The molecule has 2 aromatic carbocycles. The zero-order chi connectivity index (χ0) is 14.4. The van der Waals surface area contributed by atoms with Crippen molar-refractivity contribution in [1.29, 1.82) is 0 Å². The molecule has 106 valence electrons. The summed E-state index contributed by atoms with van der Waals surface area (Å²) in [6, 6.07) is 14.2. The van der Waals surface area contributed by atoms with Gasteiger partial charge in [0.1, 0.15) is 11.5 Å². The molecule has 0 saturated carbocycles. The van der Waals surface area contributed by atoms with E-state index in [1.165, 1.54) is 11.1 Å². The molecule has 0 amide bonds. The van der Waals surface area contributed by atoms with Crippen molar-refractivity contribution >= 4 is 5.69 Å². The summed E-state index contributed by atoms with van der Waals surface area (Å²) in [5.41, 5.74) is 3.53. The molecule has 1 N–H and O–H groups in total. The van der Waals surface area contributed by atoms with Crippen molar-refractivity contribution in [3.05, 3.63) is 53.6 Å². The average Bonchev–Trinajstić information content (AvgIpc) is 2.48. The first kappa shape index (κ1) is 14.3. The number of anilines is 1. The largest absolute Gasteiger partial charge is 0.497 e. The van der Waals surface area contributed by atoms with Crippen LogP contribution < -0.4 is 14.8 Å². The number of benzene rings is 2. The van der Waals surface area contributed by atoms with E-state index in [-0.39, 0.29) is 0 Å². The summed E-state index contributed by atoms with van der Waals surface area (Å²) < 4.78 is 10.6. The number of nitrogens with one attached hydrogen (secondary N) is 1. The third kappa shape index (κ3) is 3.67. The molecule has 0 aliphatic rings. The lowest BCUT2D eigenvalue weighted by Crippen LogP contribution is -2.01. The highest BCUT2D eigenvalue weighted by Gasteiger charge is 2.01. The van der Waals surface area contributed by atoms with Crippen molar-refractivity contribution in [2.45, 2.75) is 20.4 Å². The zero-order valence-electron chi connectivity index (χ0n) is 12.3. The Labute approximate surface area is 120 Å². The molecule has 0 aromatic heterocycles. The van der Waals surface area contributed by atoms with Crippen LogP contribution in [-0.4, -0.2) is 13.7 Å². The van der Waals surface area contributed by atoms with Crippen molar-refractivity contribution in [2.75, 3.05) is 19.0 Å². The lowest BCUT2D eigenvalue weighted by Gasteiger charge is -2.11. The van der Waals surface area contributed by atoms with E-state index in [4.69, 9.17) is 9.47 Å². The Balaban J connectivity index is 1.97. The third-order valence-corrected chi connectivity index (χ3v) is 3.15. The van der Waals surface area contributed by atoms with Gasteiger partial charge in [-0.15, -0.1) is 0 Å². The van der Waals surface area contributed by atoms with Gasteiger partial charge in [0.25, 0.3) is 0 Å². The maximum atomic E-state index is 5.43. The first-order valence-electron chi connectivity index (χ1n) is 6.83. The highest BCUT2D eigenvalue weighted by molar-refractivity contribution is 5.53. The number of rotatable bonds is 6. The van der Waals surface area contributed by atoms with Crippen LogP contribution in [0.5, 0.6) is 11.5 Å². The molecule has 0 aliphatic carbocycles. The number of hydrogen-bond donors (Lipinski definition) is 1. The van der Waals surface area contributed by atoms with Gasteiger partial charge in [0.05, 0.1) is 13.7 Å². The molecule has 2 rings (SSSR count). The van der Waals surface area contributed by atoms with Crippen molar-refractivity contribution < 1.29 is 9.47 Å². The highest BCUT2D eigenvalue weighted by Crippen LogP contribution is 2.22. The summed E-state index contributed by atoms with van der Waals surface area (Å²) in [7, 11) is 1.68. The van der Waals surface area contributed by atoms with Gasteiger partial charge in [-0.2, -0.15) is 0 Å². The SMILES string of the molecule is CCOc1ccc(CNc2ccc(OC)cc2C)cc1. The Morgan fingerprint density at radius 1 is 1.00 bits per heavy atom. The van der Waals surface area contributed by atoms with Crippen LogP contribution in [0.1, 0.15) is 18.1 Å². The number of methoxy groups -OCH3 is 1. The topological polar surface area (TPSA) is 30.5 Å². The molecule has 0 heterocycles. The molecule has 0 saturated heterocycles. The maximum absolute atomic E-state index is 5.43. The summed E-state index contributed by atoms with van der Waals surface area (Å²) >= 11 is 0. The molecule has 0 aliphatic heterocycles. The van der Waals surface area contributed by atoms with Gasteiger partial charge in [-0.1, -0.05) is 12.1 Å². The molecular formula is C17H21NO2. The molecule has 2 aromatic rings. The monoisotopic (exact) mass is 271 g/mol. The smallest absolute Gasteiger partial charge is 0.119 e. The summed E-state index contributed by atoms with van der Waals surface area (Å²) in [6.07, 6.45) is 0. The fraction of sp³-hybridized carbons (Fsp3) is 0.294. The lowest BCUT2D eigenvalue weighted by molar-refractivity contribution is 0.340. The molecule has 0 bridgehead atoms. The van der Waals surface area contributed by atoms with Gasteiger partial charge in [-0.05, 0) is 55.3 Å². The van der Waals surface area contributed by atoms with Gasteiger partial charge in [-0.3, -0.25) is 0 Å². The summed E-state index contributed by atoms with van der Waals surface area (Å²) in [4.78, 5) is 0. The Kier molecular flexibility index (Phi) is 4.88. The second-order valence-corrected chi connectivity index (χ2v) is 4.61. The standard InChI is InChI=1S/C17H21NO2/c1-4-20-15-7-5-14(6-8-15)12-18-17-10-9-16(19-3)11-13(17)2/h5-11,18H,4,12H2,1-3H3. The maximum Gasteiger partial charge on any atom is 0.119 e. The van der Waals surface area contributed by atoms with Gasteiger partial charge in [-0.25, -0.2) is 0 Å². The van der Waals surface area contributed by atoms with Crippen LogP contribution in [-0.2, 0) is 6.54 Å². The van der Waals surface area contributed by atoms with Crippen molar-refractivity contribution in [1.82, 2.24) is 0 Å². The molecule has 20 heavy (non-hydrogen) atoms. The van der Waals surface area contributed by atoms with Crippen LogP contribution in [0.25, 0.3) is 0 Å². The predicted octanol–water partition coefficient (Wildman–Crippen LogP) is 4.01. The Hall–Kier alpha value is -2.16. The van der Waals surface area contributed by atoms with Crippen LogP contribution in [0.3, 0.4) is 0 Å². The van der Waals surface area contributed by atoms with Crippen molar-refractivity contribution in [2.24, 2.45) is 0 Å². The molecular weight excluding hydrogens is 250 g/mol. The Morgan fingerprint density at radius 2 is 1.70 bits per heavy atom. The summed E-state index contributed by atoms with van der Waals surface area (Å²) in [5, 5.41) is 3.44. The molecule has 0 fully saturated rings. The minimum atomic E-state index is 0.697. The Bertz CT molecular complexity index is 549. The van der Waals surface area contributed by atoms with Crippen LogP contribution in [0, 0.1) is 6.92 Å². The minimum absolute atomic E-state index is 0.697. The van der Waals surface area contributed by atoms with E-state index in [9.17, 15) is 0 Å². The minimum Gasteiger partial charge on any atom is -0.497 e. The first-order chi connectivity index (χ1) is 9.72. The molecule has 0 radical (unpaired) electrons. The van der Waals surface area contributed by atoms with E-state index in [0.29, 0.717) is 6.61 Å². The molecule has 0 spiro atoms. The molecule has 0 unspecified atom stereocenters. The van der Waals surface area contributed by atoms with Crippen molar-refractivity contribution in [3.63, 3.8) is 0 Å². The second-order valence-electron chi connectivity index (χ2n) is 4.61. The summed E-state index contributed by atoms with van der Waals surface area (Å²) in [6.45, 7) is 5.55. The van der Waals surface area contributed by atoms with Crippen molar-refractivity contribution in [3.8, 4) is 11.5 Å². The van der Waals surface area contributed by atoms with Crippen LogP contribution >= 0.6 is 0 Å². The number of aryl methyl sites for hydroxylation is 1.